The summed E-state index contributed by atoms with van der Waals surface area (Å²) in [5.74, 6) is 1.35. The predicted molar refractivity (Wildman–Crippen MR) is 90.2 cm³/mol. The van der Waals surface area contributed by atoms with Crippen molar-refractivity contribution in [2.45, 2.75) is 62.1 Å². The maximum absolute atomic E-state index is 12.3. The molecule has 5 heteroatoms. The Bertz CT molecular complexity index is 500. The molecule has 0 spiro atoms. The highest BCUT2D eigenvalue weighted by Gasteiger charge is 2.57. The van der Waals surface area contributed by atoms with Crippen molar-refractivity contribution in [2.24, 2.45) is 17.3 Å². The third-order valence-electron chi connectivity index (χ3n) is 6.45. The van der Waals surface area contributed by atoms with Gasteiger partial charge in [0.2, 0.25) is 0 Å². The lowest BCUT2D eigenvalue weighted by Crippen LogP contribution is -2.53. The van der Waals surface area contributed by atoms with Crippen LogP contribution in [-0.2, 0) is 14.3 Å². The van der Waals surface area contributed by atoms with Crippen molar-refractivity contribution in [3.63, 3.8) is 0 Å². The Labute approximate surface area is 146 Å². The number of halogens is 1. The highest BCUT2D eigenvalue weighted by Crippen LogP contribution is 2.65. The second-order valence-electron chi connectivity index (χ2n) is 8.54. The number of rotatable bonds is 4. The minimum Gasteiger partial charge on any atom is -0.456 e. The minimum atomic E-state index is -0.171. The van der Waals surface area contributed by atoms with Crippen LogP contribution in [0.3, 0.4) is 0 Å². The zero-order valence-electron chi connectivity index (χ0n) is 13.7. The van der Waals surface area contributed by atoms with Gasteiger partial charge in [0, 0.05) is 17.4 Å². The highest BCUT2D eigenvalue weighted by molar-refractivity contribution is 9.10. The van der Waals surface area contributed by atoms with E-state index in [1.54, 1.807) is 0 Å². The Morgan fingerprint density at radius 2 is 1.74 bits per heavy atom. The minimum absolute atomic E-state index is 0.0293. The normalized spacial score (nSPS) is 41.3. The Balaban J connectivity index is 1.33. The molecule has 1 amide bonds. The Hall–Kier alpha value is -0.580. The molecule has 1 aliphatic heterocycles. The third-order valence-corrected chi connectivity index (χ3v) is 7.37. The van der Waals surface area contributed by atoms with Crippen LogP contribution in [0.25, 0.3) is 0 Å². The monoisotopic (exact) mass is 383 g/mol. The first kappa shape index (κ1) is 15.9. The van der Waals surface area contributed by atoms with Crippen LogP contribution >= 0.6 is 15.9 Å². The van der Waals surface area contributed by atoms with Gasteiger partial charge >= 0.3 is 5.97 Å². The van der Waals surface area contributed by atoms with E-state index in [0.717, 1.165) is 44.2 Å². The molecule has 2 atom stereocenters. The molecule has 4 nitrogen and oxygen atoms in total. The van der Waals surface area contributed by atoms with Gasteiger partial charge < -0.3 is 9.64 Å². The van der Waals surface area contributed by atoms with Gasteiger partial charge in [-0.25, -0.2) is 0 Å². The Kier molecular flexibility index (Phi) is 3.98. The lowest BCUT2D eigenvalue weighted by molar-refractivity contribution is -0.157. The number of ether oxygens (including phenoxy) is 1. The molecule has 1 heterocycles. The quantitative estimate of drug-likeness (QED) is 0.552. The van der Waals surface area contributed by atoms with Crippen LogP contribution in [0, 0.1) is 17.3 Å². The maximum Gasteiger partial charge on any atom is 0.306 e. The summed E-state index contributed by atoms with van der Waals surface area (Å²) in [6, 6.07) is 0. The molecular formula is C18H26BrNO3. The smallest absolute Gasteiger partial charge is 0.306 e. The first-order valence-corrected chi connectivity index (χ1v) is 9.87. The fourth-order valence-electron chi connectivity index (χ4n) is 6.10. The van der Waals surface area contributed by atoms with Crippen molar-refractivity contribution in [1.29, 1.82) is 0 Å². The van der Waals surface area contributed by atoms with Crippen molar-refractivity contribution < 1.29 is 14.3 Å². The van der Waals surface area contributed by atoms with E-state index >= 15 is 0 Å². The molecule has 5 fully saturated rings. The summed E-state index contributed by atoms with van der Waals surface area (Å²) in [5, 5.41) is 0. The van der Waals surface area contributed by atoms with Gasteiger partial charge in [0.15, 0.2) is 6.61 Å². The lowest BCUT2D eigenvalue weighted by atomic mass is 9.49. The van der Waals surface area contributed by atoms with Gasteiger partial charge in [0.1, 0.15) is 0 Å². The number of alkyl halides is 1. The van der Waals surface area contributed by atoms with Crippen LogP contribution in [0.2, 0.25) is 0 Å². The fraction of sp³-hybridized carbons (Fsp3) is 0.889. The maximum atomic E-state index is 12.3. The molecule has 0 N–H and O–H groups in total. The largest absolute Gasteiger partial charge is 0.456 e. The molecule has 5 rings (SSSR count). The number of esters is 1. The molecular weight excluding hydrogens is 358 g/mol. The van der Waals surface area contributed by atoms with Crippen molar-refractivity contribution in [1.82, 2.24) is 4.90 Å². The molecule has 0 radical (unpaired) electrons. The predicted octanol–water partition coefficient (Wildman–Crippen LogP) is 3.28. The second kappa shape index (κ2) is 5.75. The number of carbonyl (C=O) groups excluding carboxylic acids is 2. The molecule has 0 aromatic rings. The molecule has 4 bridgehead atoms. The van der Waals surface area contributed by atoms with Gasteiger partial charge in [-0.15, -0.1) is 0 Å². The Morgan fingerprint density at radius 3 is 2.35 bits per heavy atom. The molecule has 1 saturated heterocycles. The van der Waals surface area contributed by atoms with Crippen LogP contribution in [0.5, 0.6) is 0 Å². The van der Waals surface area contributed by atoms with E-state index in [0.29, 0.717) is 6.42 Å². The number of carbonyl (C=O) groups is 2. The summed E-state index contributed by atoms with van der Waals surface area (Å²) in [4.78, 5) is 26.2. The van der Waals surface area contributed by atoms with Crippen molar-refractivity contribution in [3.8, 4) is 0 Å². The van der Waals surface area contributed by atoms with Crippen molar-refractivity contribution in [3.05, 3.63) is 0 Å². The summed E-state index contributed by atoms with van der Waals surface area (Å²) in [6.45, 7) is 1.56. The summed E-state index contributed by atoms with van der Waals surface area (Å²) < 4.78 is 5.61. The van der Waals surface area contributed by atoms with Gasteiger partial charge in [0.05, 0.1) is 6.42 Å². The number of hydrogen-bond donors (Lipinski definition) is 0. The molecule has 5 aliphatic rings. The van der Waals surface area contributed by atoms with Crippen molar-refractivity contribution in [2.75, 3.05) is 19.7 Å². The van der Waals surface area contributed by atoms with Crippen LogP contribution in [-0.4, -0.2) is 40.8 Å². The molecule has 23 heavy (non-hydrogen) atoms. The topological polar surface area (TPSA) is 46.6 Å². The molecule has 4 aliphatic carbocycles. The van der Waals surface area contributed by atoms with Crippen LogP contribution in [0.15, 0.2) is 0 Å². The third kappa shape index (κ3) is 3.18. The summed E-state index contributed by atoms with van der Waals surface area (Å²) in [7, 11) is 0. The molecule has 0 aromatic heterocycles. The van der Waals surface area contributed by atoms with Crippen LogP contribution < -0.4 is 0 Å². The second-order valence-corrected chi connectivity index (χ2v) is 10.2. The van der Waals surface area contributed by atoms with E-state index in [1.165, 1.54) is 32.1 Å². The average molecular weight is 384 g/mol. The number of hydrogen-bond acceptors (Lipinski definition) is 3. The van der Waals surface area contributed by atoms with Gasteiger partial charge in [-0.05, 0) is 68.6 Å². The molecule has 0 aromatic carbocycles. The van der Waals surface area contributed by atoms with Gasteiger partial charge in [-0.2, -0.15) is 0 Å². The first-order chi connectivity index (χ1) is 11.0. The number of amides is 1. The summed E-state index contributed by atoms with van der Waals surface area (Å²) >= 11 is 3.98. The van der Waals surface area contributed by atoms with Gasteiger partial charge in [0.25, 0.3) is 5.91 Å². The summed E-state index contributed by atoms with van der Waals surface area (Å²) in [6.07, 6.45) is 9.97. The number of likely N-dealkylation sites (tertiary alicyclic amines) is 1. The summed E-state index contributed by atoms with van der Waals surface area (Å²) in [5.41, 5.74) is 0.126. The molecule has 4 saturated carbocycles. The van der Waals surface area contributed by atoms with Crippen LogP contribution in [0.4, 0.5) is 0 Å². The van der Waals surface area contributed by atoms with E-state index in [1.807, 2.05) is 4.90 Å². The van der Waals surface area contributed by atoms with Gasteiger partial charge in [-0.1, -0.05) is 15.9 Å². The Morgan fingerprint density at radius 1 is 1.09 bits per heavy atom. The van der Waals surface area contributed by atoms with Crippen LogP contribution in [0.1, 0.15) is 57.8 Å². The standard InChI is InChI=1S/C18H26BrNO3/c19-18-8-13-5-14(9-18)7-17(6-13,12-18)10-16(22)23-11-15(21)20-3-1-2-4-20/h13-14H,1-12H2/t13-,14-,17?,18?/m1/s1. The van der Waals surface area contributed by atoms with E-state index in [9.17, 15) is 9.59 Å². The van der Waals surface area contributed by atoms with E-state index in [4.69, 9.17) is 4.74 Å². The zero-order valence-corrected chi connectivity index (χ0v) is 15.3. The SMILES string of the molecule is O=C(CC12C[C@H]3C[C@@H](CC(Br)(C3)C1)C2)OCC(=O)N1CCCC1. The first-order valence-electron chi connectivity index (χ1n) is 9.08. The molecule has 128 valence electrons. The van der Waals surface area contributed by atoms with Gasteiger partial charge in [-0.3, -0.25) is 9.59 Å². The van der Waals surface area contributed by atoms with E-state index in [-0.39, 0.29) is 28.2 Å². The average Bonchev–Trinajstić information content (AvgIpc) is 2.95. The number of nitrogens with zero attached hydrogens (tertiary/aromatic N) is 1. The van der Waals surface area contributed by atoms with Crippen molar-refractivity contribution >= 4 is 27.8 Å². The zero-order chi connectivity index (χ0) is 16.1. The fourth-order valence-corrected chi connectivity index (χ4v) is 7.61. The highest BCUT2D eigenvalue weighted by atomic mass is 79.9. The molecule has 0 unspecified atom stereocenters. The van der Waals surface area contributed by atoms with E-state index in [2.05, 4.69) is 15.9 Å². The van der Waals surface area contributed by atoms with E-state index < -0.39 is 0 Å². The lowest BCUT2D eigenvalue weighted by Gasteiger charge is -2.60.